The quantitative estimate of drug-likeness (QED) is 0.173. The van der Waals surface area contributed by atoms with Crippen LogP contribution in [0.1, 0.15) is 0 Å². The van der Waals surface area contributed by atoms with Crippen molar-refractivity contribution in [3.05, 3.63) is 0 Å². The van der Waals surface area contributed by atoms with Crippen LogP contribution >= 0.6 is 41.8 Å². The standard InChI is InChI=1S/C2H8O3PS.C2H6OS2.CH4O3S2.2CH4O2S2/c1-4-6(3,7)5-2;1-4-5(2)3;1-4-6(2,3)5;1-5(2,3)4;1-3-5(2)4/h3,7H,1-2H3;1-2H3;1H3,(H,2,3,5);1H3,(H,2,3,4);1H3,(H,2,4)/q+1;;;;. The van der Waals surface area contributed by atoms with Crippen molar-refractivity contribution in [1.29, 1.82) is 0 Å². The van der Waals surface area contributed by atoms with Gasteiger partial charge in [-0.15, -0.1) is 0 Å². The van der Waals surface area contributed by atoms with Crippen LogP contribution in [0.25, 0.3) is 0 Å². The first-order chi connectivity index (χ1) is 12.2. The maximum atomic E-state index is 9.89. The third kappa shape index (κ3) is 90.2. The largest absolute Gasteiger partial charge is 0.474 e. The third-order valence-electron chi connectivity index (χ3n) is 1.06. The van der Waals surface area contributed by atoms with Crippen molar-refractivity contribution in [2.75, 3.05) is 47.2 Å². The van der Waals surface area contributed by atoms with E-state index in [0.29, 0.717) is 0 Å². The molecule has 0 fully saturated rings. The summed E-state index contributed by atoms with van der Waals surface area (Å²) >= 11 is 14.7. The molecule has 0 aliphatic heterocycles. The fourth-order valence-corrected chi connectivity index (χ4v) is 0.224. The zero-order valence-corrected chi connectivity index (χ0v) is 24.2. The van der Waals surface area contributed by atoms with Crippen molar-refractivity contribution < 1.29 is 48.2 Å². The molecule has 0 aromatic rings. The molecule has 3 N–H and O–H groups in total. The van der Waals surface area contributed by atoms with E-state index in [1.54, 1.807) is 6.26 Å². The van der Waals surface area contributed by atoms with Gasteiger partial charge in [0.2, 0.25) is 10.1 Å². The van der Waals surface area contributed by atoms with E-state index in [1.165, 1.54) is 32.1 Å². The summed E-state index contributed by atoms with van der Waals surface area (Å²) in [7, 11) is -4.48. The second-order valence-corrected chi connectivity index (χ2v) is 17.3. The third-order valence-corrected chi connectivity index (χ3v) is 6.43. The van der Waals surface area contributed by atoms with E-state index >= 15 is 0 Å². The smallest absolute Gasteiger partial charge is 0.306 e. The second-order valence-electron chi connectivity index (χ2n) is 3.13. The van der Waals surface area contributed by atoms with Gasteiger partial charge in [-0.1, -0.05) is 10.8 Å². The van der Waals surface area contributed by atoms with E-state index in [0.717, 1.165) is 13.4 Å². The Morgan fingerprint density at radius 3 is 1.25 bits per heavy atom. The average Bonchev–Trinajstić information content (AvgIpc) is 2.54. The maximum Gasteiger partial charge on any atom is 0.474 e. The molecular formula is C7H26O11PS9+. The second kappa shape index (κ2) is 23.9. The van der Waals surface area contributed by atoms with Gasteiger partial charge in [0.1, 0.15) is 8.77 Å². The van der Waals surface area contributed by atoms with Crippen LogP contribution in [-0.2, 0) is 77.6 Å². The Bertz CT molecular complexity index is 564. The summed E-state index contributed by atoms with van der Waals surface area (Å²) in [5, 5.41) is 0. The molecule has 0 saturated carbocycles. The minimum Gasteiger partial charge on any atom is -0.306 e. The van der Waals surface area contributed by atoms with Gasteiger partial charge in [0.15, 0.2) is 0 Å². The highest BCUT2D eigenvalue weighted by Gasteiger charge is 2.31. The Morgan fingerprint density at radius 1 is 1.07 bits per heavy atom. The summed E-state index contributed by atoms with van der Waals surface area (Å²) in [4.78, 5) is 8.66. The predicted octanol–water partition coefficient (Wildman–Crippen LogP) is 1.27. The van der Waals surface area contributed by atoms with Crippen LogP contribution in [0.5, 0.6) is 0 Å². The summed E-state index contributed by atoms with van der Waals surface area (Å²) in [6.45, 7) is 0. The molecule has 0 bridgehead atoms. The Balaban J connectivity index is -0.0000000793. The lowest BCUT2D eigenvalue weighted by atomic mass is 11.8. The molecular weight excluding hydrogens is 580 g/mol. The van der Waals surface area contributed by atoms with Gasteiger partial charge in [-0.05, 0) is 17.9 Å². The van der Waals surface area contributed by atoms with Crippen LogP contribution in [0.3, 0.4) is 0 Å². The molecule has 0 radical (unpaired) electrons. The Hall–Kier alpha value is 2.24. The van der Waals surface area contributed by atoms with Gasteiger partial charge in [0.05, 0.1) is 50.5 Å². The fourth-order valence-electron chi connectivity index (χ4n) is 0.0745. The van der Waals surface area contributed by atoms with Crippen molar-refractivity contribution in [2.45, 2.75) is 0 Å². The van der Waals surface area contributed by atoms with Crippen molar-refractivity contribution >= 4 is 102 Å². The molecule has 0 aliphatic rings. The zero-order valence-electron chi connectivity index (χ0n) is 15.8. The molecule has 28 heavy (non-hydrogen) atoms. The summed E-state index contributed by atoms with van der Waals surface area (Å²) in [6.07, 6.45) is 4.56. The topological polar surface area (TPSA) is 166 Å². The molecule has 0 aliphatic carbocycles. The van der Waals surface area contributed by atoms with E-state index in [4.69, 9.17) is 14.0 Å². The summed E-state index contributed by atoms with van der Waals surface area (Å²) < 4.78 is 71.2. The van der Waals surface area contributed by atoms with E-state index in [1.807, 2.05) is 6.26 Å². The van der Waals surface area contributed by atoms with Crippen LogP contribution in [0.4, 0.5) is 0 Å². The zero-order chi connectivity index (χ0) is 24.2. The Kier molecular flexibility index (Phi) is 34.6. The van der Waals surface area contributed by atoms with Crippen LogP contribution in [0.2, 0.25) is 0 Å². The molecule has 0 aromatic heterocycles. The fraction of sp³-hybridized carbons (Fsp3) is 1.00. The van der Waals surface area contributed by atoms with E-state index in [-0.39, 0.29) is 0 Å². The van der Waals surface area contributed by atoms with E-state index in [9.17, 15) is 16.8 Å². The molecule has 0 heterocycles. The van der Waals surface area contributed by atoms with Crippen molar-refractivity contribution in [3.63, 3.8) is 0 Å². The number of thiol groups is 2. The normalized spacial score (nSPS) is 16.3. The van der Waals surface area contributed by atoms with Crippen LogP contribution < -0.4 is 0 Å². The molecule has 4 atom stereocenters. The minimum absolute atomic E-state index is 0.656. The van der Waals surface area contributed by atoms with Crippen molar-refractivity contribution in [3.8, 4) is 0 Å². The van der Waals surface area contributed by atoms with Crippen LogP contribution in [0.15, 0.2) is 0 Å². The van der Waals surface area contributed by atoms with Crippen LogP contribution in [0, 0.1) is 0 Å². The van der Waals surface area contributed by atoms with Gasteiger partial charge in [-0.3, -0.25) is 12.9 Å². The molecule has 0 aromatic carbocycles. The first-order valence-corrected chi connectivity index (χ1v) is 19.0. The molecule has 11 nitrogen and oxygen atoms in total. The first-order valence-electron chi connectivity index (χ1n) is 5.67. The van der Waals surface area contributed by atoms with Gasteiger partial charge in [-0.2, -0.15) is 18.1 Å². The van der Waals surface area contributed by atoms with Crippen molar-refractivity contribution in [2.24, 2.45) is 0 Å². The minimum atomic E-state index is -3.33. The molecule has 21 heteroatoms. The van der Waals surface area contributed by atoms with Gasteiger partial charge in [0, 0.05) is 34.9 Å². The highest BCUT2D eigenvalue weighted by atomic mass is 33.1. The van der Waals surface area contributed by atoms with Gasteiger partial charge >= 0.3 is 7.15 Å². The molecule has 0 spiro atoms. The van der Waals surface area contributed by atoms with Gasteiger partial charge in [0.25, 0.3) is 9.05 Å². The maximum absolute atomic E-state index is 9.89. The lowest BCUT2D eigenvalue weighted by Gasteiger charge is -2.01. The Labute approximate surface area is 196 Å². The monoisotopic (exact) mass is 605 g/mol. The van der Waals surface area contributed by atoms with Crippen molar-refractivity contribution in [1.82, 2.24) is 0 Å². The summed E-state index contributed by atoms with van der Waals surface area (Å²) in [5.41, 5.74) is 0. The summed E-state index contributed by atoms with van der Waals surface area (Å²) in [5.74, 6) is 0. The Morgan fingerprint density at radius 2 is 1.25 bits per heavy atom. The molecule has 4 unspecified atom stereocenters. The van der Waals surface area contributed by atoms with Gasteiger partial charge in [-0.25, -0.2) is 12.6 Å². The summed E-state index contributed by atoms with van der Waals surface area (Å²) in [6, 6.07) is 0. The average molecular weight is 606 g/mol. The molecule has 0 amide bonds. The molecule has 0 rings (SSSR count). The van der Waals surface area contributed by atoms with E-state index < -0.39 is 44.9 Å². The lowest BCUT2D eigenvalue weighted by Crippen LogP contribution is -1.94. The molecule has 0 saturated heterocycles. The highest BCUT2D eigenvalue weighted by Crippen LogP contribution is 2.59. The molecule has 178 valence electrons. The van der Waals surface area contributed by atoms with Gasteiger partial charge < -0.3 is 4.55 Å². The number of hydrogen-bond acceptors (Lipinski definition) is 13. The first kappa shape index (κ1) is 40.6. The highest BCUT2D eigenvalue weighted by molar-refractivity contribution is 8.68. The number of rotatable bonds is 5. The SMILES string of the molecule is COS(=O)(O)=S.COS(=O)S.CO[P+](O)(S)OC.CS(=O)(O)=S.CSS(C)=O. The predicted molar refractivity (Wildman–Crippen MR) is 133 cm³/mol. The van der Waals surface area contributed by atoms with Crippen LogP contribution in [-0.4, -0.2) is 78.0 Å². The van der Waals surface area contributed by atoms with E-state index in [2.05, 4.69) is 63.7 Å². The lowest BCUT2D eigenvalue weighted by molar-refractivity contribution is 0.263. The number of hydrogen-bond donors (Lipinski definition) is 5.